The number of aromatic nitrogens is 6. The van der Waals surface area contributed by atoms with E-state index in [-0.39, 0.29) is 5.91 Å². The number of nitrogens with zero attached hydrogens (tertiary/aromatic N) is 8. The van der Waals surface area contributed by atoms with Gasteiger partial charge in [-0.1, -0.05) is 6.07 Å². The molecule has 0 radical (unpaired) electrons. The number of benzene rings is 2. The Bertz CT molecular complexity index is 1880. The Labute approximate surface area is 267 Å². The highest BCUT2D eigenvalue weighted by Crippen LogP contribution is 2.34. The summed E-state index contributed by atoms with van der Waals surface area (Å²) in [5.41, 5.74) is 6.97. The Morgan fingerprint density at radius 1 is 1.02 bits per heavy atom. The number of fused-ring (bicyclic) bond motifs is 8. The molecule has 1 fully saturated rings. The van der Waals surface area contributed by atoms with Crippen molar-refractivity contribution in [3.63, 3.8) is 0 Å². The minimum atomic E-state index is 0.0418. The van der Waals surface area contributed by atoms with Crippen molar-refractivity contribution < 1.29 is 19.0 Å². The average Bonchev–Trinajstić information content (AvgIpc) is 3.75. The molecule has 5 aromatic rings. The van der Waals surface area contributed by atoms with Gasteiger partial charge in [0.15, 0.2) is 11.5 Å². The highest BCUT2D eigenvalue weighted by Gasteiger charge is 2.21. The summed E-state index contributed by atoms with van der Waals surface area (Å²) < 4.78 is 21.3. The number of carbonyl (C=O) groups is 1. The van der Waals surface area contributed by atoms with E-state index in [1.54, 1.807) is 11.6 Å². The van der Waals surface area contributed by atoms with Crippen LogP contribution in [0.2, 0.25) is 0 Å². The van der Waals surface area contributed by atoms with Crippen molar-refractivity contribution in [2.24, 2.45) is 0 Å². The number of imidazole rings is 1. The van der Waals surface area contributed by atoms with Crippen molar-refractivity contribution in [3.8, 4) is 28.6 Å². The molecular formula is C34H38N8O4. The largest absolute Gasteiger partial charge is 0.493 e. The van der Waals surface area contributed by atoms with Crippen molar-refractivity contribution >= 4 is 11.7 Å². The molecule has 2 aliphatic rings. The number of amides is 1. The first-order valence-corrected chi connectivity index (χ1v) is 15.7. The van der Waals surface area contributed by atoms with Gasteiger partial charge in [0.05, 0.1) is 26.9 Å². The summed E-state index contributed by atoms with van der Waals surface area (Å²) in [5, 5.41) is 4.31. The second-order valence-corrected chi connectivity index (χ2v) is 11.8. The smallest absolute Gasteiger partial charge is 0.252 e. The van der Waals surface area contributed by atoms with E-state index in [4.69, 9.17) is 19.2 Å². The SMILES string of the molecule is COc1ccc2cc1OCCN(C(=O)CCc1c(C)nc3ncnn3c1C)Cc1cc(CN3CCOCC3)cc(c1)-n1ccnc1-2. The van der Waals surface area contributed by atoms with Crippen LogP contribution in [0.15, 0.2) is 55.1 Å². The monoisotopic (exact) mass is 622 g/mol. The fourth-order valence-electron chi connectivity index (χ4n) is 6.42. The highest BCUT2D eigenvalue weighted by molar-refractivity contribution is 5.76. The maximum Gasteiger partial charge on any atom is 0.252 e. The third-order valence-corrected chi connectivity index (χ3v) is 8.81. The van der Waals surface area contributed by atoms with Gasteiger partial charge in [0, 0.05) is 67.6 Å². The molecule has 0 spiro atoms. The molecule has 0 aliphatic carbocycles. The van der Waals surface area contributed by atoms with Gasteiger partial charge >= 0.3 is 0 Å². The number of aryl methyl sites for hydroxylation is 2. The first-order valence-electron chi connectivity index (χ1n) is 15.7. The number of carbonyl (C=O) groups excluding carboxylic acids is 1. The van der Waals surface area contributed by atoms with E-state index >= 15 is 0 Å². The van der Waals surface area contributed by atoms with Crippen molar-refractivity contribution in [2.75, 3.05) is 46.6 Å². The molecule has 4 bridgehead atoms. The summed E-state index contributed by atoms with van der Waals surface area (Å²) >= 11 is 0. The van der Waals surface area contributed by atoms with E-state index in [1.807, 2.05) is 49.3 Å². The number of morpholine rings is 1. The van der Waals surface area contributed by atoms with Crippen molar-refractivity contribution in [3.05, 3.63) is 83.2 Å². The predicted octanol–water partition coefficient (Wildman–Crippen LogP) is 3.79. The molecule has 0 saturated carbocycles. The maximum atomic E-state index is 14.0. The van der Waals surface area contributed by atoms with Crippen LogP contribution in [0.3, 0.4) is 0 Å². The molecule has 2 aromatic carbocycles. The second-order valence-electron chi connectivity index (χ2n) is 11.8. The molecule has 12 nitrogen and oxygen atoms in total. The van der Waals surface area contributed by atoms with Gasteiger partial charge in [0.1, 0.15) is 18.8 Å². The molecule has 2 aliphatic heterocycles. The molecule has 238 valence electrons. The first kappa shape index (κ1) is 29.9. The summed E-state index contributed by atoms with van der Waals surface area (Å²) in [6.07, 6.45) is 6.17. The van der Waals surface area contributed by atoms with Gasteiger partial charge in [-0.2, -0.15) is 10.1 Å². The average molecular weight is 623 g/mol. The Kier molecular flexibility index (Phi) is 8.37. The van der Waals surface area contributed by atoms with E-state index < -0.39 is 0 Å². The minimum Gasteiger partial charge on any atom is -0.493 e. The standard InChI is InChI=1S/C34H38N8O4/c1-23-29(24(2)42-34(38-23)36-22-37-42)5-7-32(43)40-12-15-46-31-19-27(4-6-30(31)44-3)33-35-8-9-41(33)28-17-25(16-26(18-28)21-40)20-39-10-13-45-14-11-39/h4,6,8-9,16-19,22H,5,7,10-15,20-21H2,1-3H3. The zero-order valence-corrected chi connectivity index (χ0v) is 26.5. The molecule has 0 N–H and O–H groups in total. The lowest BCUT2D eigenvalue weighted by atomic mass is 10.0. The number of methoxy groups -OCH3 is 1. The molecular weight excluding hydrogens is 584 g/mol. The summed E-state index contributed by atoms with van der Waals surface area (Å²) in [4.78, 5) is 31.8. The molecule has 12 heteroatoms. The fraction of sp³-hybridized carbons (Fsp3) is 0.382. The van der Waals surface area contributed by atoms with E-state index in [1.165, 1.54) is 11.9 Å². The predicted molar refractivity (Wildman–Crippen MR) is 171 cm³/mol. The molecule has 5 heterocycles. The maximum absolute atomic E-state index is 14.0. The van der Waals surface area contributed by atoms with Gasteiger partial charge < -0.3 is 19.1 Å². The van der Waals surface area contributed by atoms with Crippen LogP contribution in [-0.2, 0) is 29.0 Å². The lowest BCUT2D eigenvalue weighted by Crippen LogP contribution is -2.36. The van der Waals surface area contributed by atoms with Crippen LogP contribution >= 0.6 is 0 Å². The van der Waals surface area contributed by atoms with E-state index in [0.717, 1.165) is 72.4 Å². The third-order valence-electron chi connectivity index (χ3n) is 8.81. The highest BCUT2D eigenvalue weighted by atomic mass is 16.5. The quantitative estimate of drug-likeness (QED) is 0.279. The van der Waals surface area contributed by atoms with Crippen LogP contribution in [0, 0.1) is 13.8 Å². The van der Waals surface area contributed by atoms with Gasteiger partial charge in [-0.3, -0.25) is 14.3 Å². The number of hydrogen-bond acceptors (Lipinski definition) is 9. The van der Waals surface area contributed by atoms with Crippen LogP contribution in [0.1, 0.15) is 34.5 Å². The topological polar surface area (TPSA) is 112 Å². The van der Waals surface area contributed by atoms with Crippen LogP contribution in [-0.4, -0.2) is 91.4 Å². The van der Waals surface area contributed by atoms with Crippen LogP contribution in [0.4, 0.5) is 0 Å². The lowest BCUT2D eigenvalue weighted by molar-refractivity contribution is -0.132. The zero-order valence-electron chi connectivity index (χ0n) is 26.5. The second kappa shape index (κ2) is 12.9. The molecule has 7 rings (SSSR count). The van der Waals surface area contributed by atoms with Crippen LogP contribution in [0.5, 0.6) is 11.5 Å². The Balaban J connectivity index is 1.23. The van der Waals surface area contributed by atoms with E-state index in [0.29, 0.717) is 49.8 Å². The van der Waals surface area contributed by atoms with Crippen LogP contribution in [0.25, 0.3) is 22.9 Å². The van der Waals surface area contributed by atoms with Gasteiger partial charge in [-0.15, -0.1) is 0 Å². The summed E-state index contributed by atoms with van der Waals surface area (Å²) in [5.74, 6) is 2.65. The third kappa shape index (κ3) is 6.05. The van der Waals surface area contributed by atoms with E-state index in [2.05, 4.69) is 42.7 Å². The first-order chi connectivity index (χ1) is 22.5. The Hall–Kier alpha value is -4.81. The Morgan fingerprint density at radius 2 is 1.89 bits per heavy atom. The fourth-order valence-corrected chi connectivity index (χ4v) is 6.42. The van der Waals surface area contributed by atoms with Crippen molar-refractivity contribution in [1.82, 2.24) is 38.9 Å². The van der Waals surface area contributed by atoms with Crippen LogP contribution < -0.4 is 9.47 Å². The van der Waals surface area contributed by atoms with Crippen molar-refractivity contribution in [1.29, 1.82) is 0 Å². The number of hydrogen-bond donors (Lipinski definition) is 0. The Morgan fingerprint density at radius 3 is 2.74 bits per heavy atom. The van der Waals surface area contributed by atoms with Gasteiger partial charge in [0.25, 0.3) is 5.78 Å². The van der Waals surface area contributed by atoms with Gasteiger partial charge in [0.2, 0.25) is 5.91 Å². The van der Waals surface area contributed by atoms with Crippen molar-refractivity contribution in [2.45, 2.75) is 39.8 Å². The molecule has 0 unspecified atom stereocenters. The summed E-state index contributed by atoms with van der Waals surface area (Å²) in [7, 11) is 1.63. The number of rotatable bonds is 6. The van der Waals surface area contributed by atoms with Gasteiger partial charge in [-0.25, -0.2) is 14.5 Å². The summed E-state index contributed by atoms with van der Waals surface area (Å²) in [6, 6.07) is 12.4. The molecule has 0 atom stereocenters. The number of ether oxygens (including phenoxy) is 3. The summed E-state index contributed by atoms with van der Waals surface area (Å²) in [6.45, 7) is 9.18. The molecule has 1 amide bonds. The normalized spacial score (nSPS) is 15.4. The minimum absolute atomic E-state index is 0.0418. The lowest BCUT2D eigenvalue weighted by Gasteiger charge is -2.27. The molecule has 46 heavy (non-hydrogen) atoms. The van der Waals surface area contributed by atoms with E-state index in [9.17, 15) is 4.79 Å². The molecule has 1 saturated heterocycles. The van der Waals surface area contributed by atoms with Gasteiger partial charge in [-0.05, 0) is 67.3 Å². The zero-order chi connectivity index (χ0) is 31.6. The molecule has 3 aromatic heterocycles.